The lowest BCUT2D eigenvalue weighted by atomic mass is 10.1. The second-order valence-electron chi connectivity index (χ2n) is 4.34. The number of aromatic nitrogens is 4. The van der Waals surface area contributed by atoms with E-state index in [1.54, 1.807) is 0 Å². The predicted octanol–water partition coefficient (Wildman–Crippen LogP) is -1.91. The van der Waals surface area contributed by atoms with E-state index in [9.17, 15) is 10.2 Å². The van der Waals surface area contributed by atoms with E-state index in [1.807, 2.05) is 0 Å². The molecule has 2 aromatic heterocycles. The summed E-state index contributed by atoms with van der Waals surface area (Å²) in [5.41, 5.74) is 6.46. The van der Waals surface area contributed by atoms with Gasteiger partial charge in [0.05, 0.1) is 6.61 Å². The SMILES string of the molecule is Nc1ncnc2nc([C@@H]3O[C@H](CO)[C@@H](O)[C@H]3O)[nH]c12. The lowest BCUT2D eigenvalue weighted by Crippen LogP contribution is -2.32. The van der Waals surface area contributed by atoms with Crippen LogP contribution in [0.4, 0.5) is 5.82 Å². The molecule has 0 spiro atoms. The Balaban J connectivity index is 1.99. The zero-order chi connectivity index (χ0) is 13.6. The highest BCUT2D eigenvalue weighted by atomic mass is 16.6. The van der Waals surface area contributed by atoms with Gasteiger partial charge in [0, 0.05) is 0 Å². The number of H-pyrrole nitrogens is 1. The number of nitrogens with two attached hydrogens (primary N) is 1. The Bertz CT molecular complexity index is 603. The molecule has 0 unspecified atom stereocenters. The third-order valence-corrected chi connectivity index (χ3v) is 3.15. The summed E-state index contributed by atoms with van der Waals surface area (Å²) in [6.45, 7) is -0.392. The third-order valence-electron chi connectivity index (χ3n) is 3.15. The van der Waals surface area contributed by atoms with Gasteiger partial charge in [-0.1, -0.05) is 0 Å². The Kier molecular flexibility index (Phi) is 2.82. The number of nitrogens with one attached hydrogen (secondary N) is 1. The van der Waals surface area contributed by atoms with Crippen LogP contribution in [-0.2, 0) is 4.74 Å². The summed E-state index contributed by atoms with van der Waals surface area (Å²) in [4.78, 5) is 14.8. The van der Waals surface area contributed by atoms with E-state index in [1.165, 1.54) is 6.33 Å². The highest BCUT2D eigenvalue weighted by molar-refractivity contribution is 5.81. The van der Waals surface area contributed by atoms with Crippen LogP contribution in [-0.4, -0.2) is 60.2 Å². The second-order valence-corrected chi connectivity index (χ2v) is 4.34. The molecule has 1 fully saturated rings. The smallest absolute Gasteiger partial charge is 0.183 e. The molecule has 1 aliphatic rings. The topological polar surface area (TPSA) is 150 Å². The number of fused-ring (bicyclic) bond motifs is 1. The van der Waals surface area contributed by atoms with Gasteiger partial charge in [0.25, 0.3) is 0 Å². The van der Waals surface area contributed by atoms with Crippen LogP contribution in [0, 0.1) is 0 Å². The number of anilines is 1. The van der Waals surface area contributed by atoms with Gasteiger partial charge < -0.3 is 30.8 Å². The minimum atomic E-state index is -1.19. The highest BCUT2D eigenvalue weighted by Gasteiger charge is 2.44. The van der Waals surface area contributed by atoms with Crippen LogP contribution in [0.2, 0.25) is 0 Å². The van der Waals surface area contributed by atoms with Gasteiger partial charge in [-0.25, -0.2) is 15.0 Å². The second kappa shape index (κ2) is 4.38. The van der Waals surface area contributed by atoms with Crippen molar-refractivity contribution in [2.45, 2.75) is 24.4 Å². The summed E-state index contributed by atoms with van der Waals surface area (Å²) in [6, 6.07) is 0. The number of aliphatic hydroxyl groups is 3. The first-order valence-corrected chi connectivity index (χ1v) is 5.70. The number of imidazole rings is 1. The molecule has 2 aromatic rings. The summed E-state index contributed by atoms with van der Waals surface area (Å²) < 4.78 is 5.36. The summed E-state index contributed by atoms with van der Waals surface area (Å²) >= 11 is 0. The third kappa shape index (κ3) is 1.83. The van der Waals surface area contributed by atoms with Crippen molar-refractivity contribution in [1.82, 2.24) is 19.9 Å². The lowest BCUT2D eigenvalue weighted by molar-refractivity contribution is -0.0249. The fraction of sp³-hybridized carbons (Fsp3) is 0.500. The molecule has 102 valence electrons. The van der Waals surface area contributed by atoms with Crippen LogP contribution < -0.4 is 5.73 Å². The van der Waals surface area contributed by atoms with E-state index in [0.717, 1.165) is 0 Å². The maximum atomic E-state index is 9.89. The zero-order valence-corrected chi connectivity index (χ0v) is 9.76. The largest absolute Gasteiger partial charge is 0.394 e. The molecule has 9 nitrogen and oxygen atoms in total. The molecular formula is C10H13N5O4. The van der Waals surface area contributed by atoms with E-state index in [4.69, 9.17) is 15.6 Å². The molecule has 1 saturated heterocycles. The highest BCUT2D eigenvalue weighted by Crippen LogP contribution is 2.32. The Hall–Kier alpha value is -1.81. The normalized spacial score (nSPS) is 31.1. The number of nitrogens with zero attached hydrogens (tertiary/aromatic N) is 3. The molecule has 4 atom stereocenters. The standard InChI is InChI=1S/C10H13N5O4/c11-8-4-9(13-2-12-8)15-10(14-4)7-6(18)5(17)3(1-16)19-7/h2-3,5-7,16-18H,1H2,(H3,11,12,13,14,15)/t3-,5-,6-,7-/m1/s1. The zero-order valence-electron chi connectivity index (χ0n) is 9.76. The molecule has 6 N–H and O–H groups in total. The quantitative estimate of drug-likeness (QED) is 0.423. The Labute approximate surface area is 107 Å². The number of hydrogen-bond acceptors (Lipinski definition) is 8. The van der Waals surface area contributed by atoms with Gasteiger partial charge in [0.1, 0.15) is 42.1 Å². The summed E-state index contributed by atoms with van der Waals surface area (Å²) in [5.74, 6) is 0.514. The van der Waals surface area contributed by atoms with Crippen molar-refractivity contribution in [2.75, 3.05) is 12.3 Å². The molecule has 0 aliphatic carbocycles. The number of nitrogen functional groups attached to an aromatic ring is 1. The average Bonchev–Trinajstić information content (AvgIpc) is 2.94. The van der Waals surface area contributed by atoms with E-state index in [-0.39, 0.29) is 11.6 Å². The Morgan fingerprint density at radius 2 is 2.11 bits per heavy atom. The van der Waals surface area contributed by atoms with Gasteiger partial charge in [-0.05, 0) is 0 Å². The van der Waals surface area contributed by atoms with Crippen molar-refractivity contribution in [1.29, 1.82) is 0 Å². The van der Waals surface area contributed by atoms with Gasteiger partial charge >= 0.3 is 0 Å². The first-order chi connectivity index (χ1) is 9.11. The number of rotatable bonds is 2. The fourth-order valence-electron chi connectivity index (χ4n) is 2.12. The first kappa shape index (κ1) is 12.2. The van der Waals surface area contributed by atoms with Crippen LogP contribution in [0.5, 0.6) is 0 Å². The maximum absolute atomic E-state index is 9.89. The average molecular weight is 267 g/mol. The molecule has 19 heavy (non-hydrogen) atoms. The first-order valence-electron chi connectivity index (χ1n) is 5.70. The molecule has 3 rings (SSSR count). The minimum Gasteiger partial charge on any atom is -0.394 e. The van der Waals surface area contributed by atoms with Crippen LogP contribution in [0.25, 0.3) is 11.2 Å². The van der Waals surface area contributed by atoms with Crippen molar-refractivity contribution in [3.05, 3.63) is 12.2 Å². The van der Waals surface area contributed by atoms with E-state index in [0.29, 0.717) is 11.2 Å². The fourth-order valence-corrected chi connectivity index (χ4v) is 2.12. The molecule has 0 saturated carbocycles. The van der Waals surface area contributed by atoms with Gasteiger partial charge in [0.2, 0.25) is 0 Å². The monoisotopic (exact) mass is 267 g/mol. The molecule has 0 bridgehead atoms. The van der Waals surface area contributed by atoms with Crippen molar-refractivity contribution in [2.24, 2.45) is 0 Å². The molecule has 9 heteroatoms. The van der Waals surface area contributed by atoms with E-state index in [2.05, 4.69) is 19.9 Å². The van der Waals surface area contributed by atoms with Crippen LogP contribution in [0.1, 0.15) is 11.9 Å². The maximum Gasteiger partial charge on any atom is 0.183 e. The summed E-state index contributed by atoms with van der Waals surface area (Å²) in [6.07, 6.45) is -2.81. The lowest BCUT2D eigenvalue weighted by Gasteiger charge is -2.11. The number of ether oxygens (including phenoxy) is 1. The number of aliphatic hydroxyl groups excluding tert-OH is 3. The van der Waals surface area contributed by atoms with Gasteiger partial charge in [0.15, 0.2) is 11.5 Å². The Morgan fingerprint density at radius 3 is 2.74 bits per heavy atom. The molecule has 0 aromatic carbocycles. The number of aromatic amines is 1. The summed E-state index contributed by atoms with van der Waals surface area (Å²) in [7, 11) is 0. The molecular weight excluding hydrogens is 254 g/mol. The van der Waals surface area contributed by atoms with E-state index < -0.39 is 31.0 Å². The minimum absolute atomic E-state index is 0.232. The van der Waals surface area contributed by atoms with Crippen LogP contribution >= 0.6 is 0 Å². The molecule has 0 amide bonds. The number of hydrogen-bond donors (Lipinski definition) is 5. The van der Waals surface area contributed by atoms with Gasteiger partial charge in [-0.2, -0.15) is 0 Å². The summed E-state index contributed by atoms with van der Waals surface area (Å²) in [5, 5.41) is 28.6. The molecule has 3 heterocycles. The van der Waals surface area contributed by atoms with Gasteiger partial charge in [-0.15, -0.1) is 0 Å². The van der Waals surface area contributed by atoms with Crippen LogP contribution in [0.3, 0.4) is 0 Å². The molecule has 1 aliphatic heterocycles. The Morgan fingerprint density at radius 1 is 1.32 bits per heavy atom. The van der Waals surface area contributed by atoms with Crippen molar-refractivity contribution >= 4 is 17.0 Å². The molecule has 0 radical (unpaired) electrons. The van der Waals surface area contributed by atoms with Crippen LogP contribution in [0.15, 0.2) is 6.33 Å². The van der Waals surface area contributed by atoms with Crippen molar-refractivity contribution in [3.63, 3.8) is 0 Å². The van der Waals surface area contributed by atoms with Gasteiger partial charge in [-0.3, -0.25) is 0 Å². The van der Waals surface area contributed by atoms with E-state index >= 15 is 0 Å². The predicted molar refractivity (Wildman–Crippen MR) is 62.8 cm³/mol. The van der Waals surface area contributed by atoms with Crippen molar-refractivity contribution in [3.8, 4) is 0 Å². The van der Waals surface area contributed by atoms with Crippen molar-refractivity contribution < 1.29 is 20.1 Å².